The molecule has 0 spiro atoms. The topological polar surface area (TPSA) is 64.3 Å². The summed E-state index contributed by atoms with van der Waals surface area (Å²) in [5, 5.41) is 0. The summed E-state index contributed by atoms with van der Waals surface area (Å²) in [4.78, 5) is 11.1. The highest BCUT2D eigenvalue weighted by atomic mass is 19.1. The molecule has 14 heavy (non-hydrogen) atoms. The molecule has 3 N–H and O–H groups in total. The number of rotatable bonds is 3. The number of carbonyl (C=O) groups excluding carboxylic acids is 1. The van der Waals surface area contributed by atoms with Gasteiger partial charge in [-0.1, -0.05) is 0 Å². The van der Waals surface area contributed by atoms with E-state index in [1.54, 1.807) is 0 Å². The van der Waals surface area contributed by atoms with Gasteiger partial charge in [0.05, 0.1) is 6.61 Å². The maximum absolute atomic E-state index is 13.1. The lowest BCUT2D eigenvalue weighted by atomic mass is 10.1. The Hall–Kier alpha value is -1.46. The highest BCUT2D eigenvalue weighted by Crippen LogP contribution is 2.11. The Kier molecular flexibility index (Phi) is 3.55. The van der Waals surface area contributed by atoms with Crippen LogP contribution in [-0.2, 0) is 11.3 Å². The minimum atomic E-state index is -0.456. The Morgan fingerprint density at radius 2 is 2.36 bits per heavy atom. The van der Waals surface area contributed by atoms with Crippen LogP contribution in [0.5, 0.6) is 0 Å². The summed E-state index contributed by atoms with van der Waals surface area (Å²) in [5.41, 5.74) is 2.60. The van der Waals surface area contributed by atoms with Gasteiger partial charge >= 0.3 is 0 Å². The van der Waals surface area contributed by atoms with Gasteiger partial charge in [0.25, 0.3) is 5.91 Å². The zero-order valence-electron chi connectivity index (χ0n) is 7.71. The van der Waals surface area contributed by atoms with Crippen LogP contribution in [0.2, 0.25) is 0 Å². The molecule has 76 valence electrons. The van der Waals surface area contributed by atoms with Gasteiger partial charge in [0.15, 0.2) is 0 Å². The first-order valence-electron chi connectivity index (χ1n) is 3.97. The van der Waals surface area contributed by atoms with E-state index in [0.717, 1.165) is 0 Å². The summed E-state index contributed by atoms with van der Waals surface area (Å²) >= 11 is 0. The van der Waals surface area contributed by atoms with Crippen LogP contribution in [0.3, 0.4) is 0 Å². The third kappa shape index (κ3) is 2.27. The fraction of sp³-hybridized carbons (Fsp3) is 0.222. The predicted molar refractivity (Wildman–Crippen MR) is 48.8 cm³/mol. The number of hydrogen-bond donors (Lipinski definition) is 2. The molecule has 0 saturated carbocycles. The van der Waals surface area contributed by atoms with E-state index in [1.165, 1.54) is 25.3 Å². The molecule has 0 atom stereocenters. The molecule has 0 bridgehead atoms. The average molecular weight is 198 g/mol. The highest BCUT2D eigenvalue weighted by Gasteiger charge is 2.07. The second-order valence-corrected chi connectivity index (χ2v) is 2.71. The van der Waals surface area contributed by atoms with Gasteiger partial charge in [-0.05, 0) is 18.2 Å². The van der Waals surface area contributed by atoms with Crippen molar-refractivity contribution < 1.29 is 13.9 Å². The van der Waals surface area contributed by atoms with Gasteiger partial charge in [0, 0.05) is 18.2 Å². The van der Waals surface area contributed by atoms with Crippen molar-refractivity contribution in [1.82, 2.24) is 5.43 Å². The summed E-state index contributed by atoms with van der Waals surface area (Å²) < 4.78 is 17.9. The molecule has 1 aromatic carbocycles. The van der Waals surface area contributed by atoms with Crippen molar-refractivity contribution in [2.75, 3.05) is 7.11 Å². The molecule has 5 heteroatoms. The molecule has 0 aliphatic carbocycles. The lowest BCUT2D eigenvalue weighted by molar-refractivity contribution is 0.0953. The Morgan fingerprint density at radius 3 is 2.93 bits per heavy atom. The molecular formula is C9H11FN2O2. The number of nitrogen functional groups attached to an aromatic ring is 1. The maximum Gasteiger partial charge on any atom is 0.265 e. The number of halogens is 1. The second-order valence-electron chi connectivity index (χ2n) is 2.71. The molecule has 0 heterocycles. The van der Waals surface area contributed by atoms with Gasteiger partial charge in [-0.2, -0.15) is 0 Å². The molecule has 1 amide bonds. The smallest absolute Gasteiger partial charge is 0.265 e. The molecule has 0 aliphatic rings. The molecule has 0 radical (unpaired) electrons. The van der Waals surface area contributed by atoms with E-state index in [2.05, 4.69) is 0 Å². The minimum absolute atomic E-state index is 0.123. The number of nitrogens with one attached hydrogen (secondary N) is 1. The van der Waals surface area contributed by atoms with Crippen molar-refractivity contribution in [3.8, 4) is 0 Å². The van der Waals surface area contributed by atoms with E-state index < -0.39 is 11.7 Å². The zero-order valence-corrected chi connectivity index (χ0v) is 7.71. The first-order valence-corrected chi connectivity index (χ1v) is 3.97. The zero-order chi connectivity index (χ0) is 10.6. The summed E-state index contributed by atoms with van der Waals surface area (Å²) in [6, 6.07) is 3.97. The first kappa shape index (κ1) is 10.6. The van der Waals surface area contributed by atoms with Crippen molar-refractivity contribution in [3.05, 3.63) is 35.1 Å². The SMILES string of the molecule is COCc1cc(C(=O)NN)ccc1F. The summed E-state index contributed by atoms with van der Waals surface area (Å²) in [6.45, 7) is 0.123. The molecule has 1 aromatic rings. The number of hydrogen-bond acceptors (Lipinski definition) is 3. The van der Waals surface area contributed by atoms with Crippen molar-refractivity contribution in [2.24, 2.45) is 5.84 Å². The van der Waals surface area contributed by atoms with Crippen molar-refractivity contribution in [2.45, 2.75) is 6.61 Å². The number of ether oxygens (including phenoxy) is 1. The van der Waals surface area contributed by atoms with Crippen molar-refractivity contribution in [1.29, 1.82) is 0 Å². The Balaban J connectivity index is 2.99. The Morgan fingerprint density at radius 1 is 1.64 bits per heavy atom. The van der Waals surface area contributed by atoms with Gasteiger partial charge in [-0.25, -0.2) is 10.2 Å². The number of methoxy groups -OCH3 is 1. The number of carbonyl (C=O) groups is 1. The van der Waals surface area contributed by atoms with Crippen LogP contribution >= 0.6 is 0 Å². The third-order valence-electron chi connectivity index (χ3n) is 1.74. The average Bonchev–Trinajstić information content (AvgIpc) is 2.20. The summed E-state index contributed by atoms with van der Waals surface area (Å²) in [6.07, 6.45) is 0. The van der Waals surface area contributed by atoms with E-state index in [0.29, 0.717) is 11.1 Å². The molecule has 4 nitrogen and oxygen atoms in total. The molecule has 1 rings (SSSR count). The quantitative estimate of drug-likeness (QED) is 0.424. The maximum atomic E-state index is 13.1. The van der Waals surface area contributed by atoms with Crippen LogP contribution in [0.4, 0.5) is 4.39 Å². The fourth-order valence-corrected chi connectivity index (χ4v) is 1.07. The molecule has 0 aliphatic heterocycles. The van der Waals surface area contributed by atoms with E-state index >= 15 is 0 Å². The minimum Gasteiger partial charge on any atom is -0.380 e. The number of benzene rings is 1. The van der Waals surface area contributed by atoms with Gasteiger partial charge < -0.3 is 4.74 Å². The van der Waals surface area contributed by atoms with Crippen molar-refractivity contribution in [3.63, 3.8) is 0 Å². The monoisotopic (exact) mass is 198 g/mol. The number of hydrazine groups is 1. The summed E-state index contributed by atoms with van der Waals surface area (Å²) in [5.74, 6) is 4.08. The third-order valence-corrected chi connectivity index (χ3v) is 1.74. The van der Waals surface area contributed by atoms with Gasteiger partial charge in [0.1, 0.15) is 5.82 Å². The standard InChI is InChI=1S/C9H11FN2O2/c1-14-5-7-4-6(9(13)12-11)2-3-8(7)10/h2-4H,5,11H2,1H3,(H,12,13). The van der Waals surface area contributed by atoms with Crippen LogP contribution in [-0.4, -0.2) is 13.0 Å². The lowest BCUT2D eigenvalue weighted by Crippen LogP contribution is -2.30. The molecule has 0 aromatic heterocycles. The second kappa shape index (κ2) is 4.69. The van der Waals surface area contributed by atoms with Gasteiger partial charge in [0.2, 0.25) is 0 Å². The predicted octanol–water partition coefficient (Wildman–Crippen LogP) is 0.576. The van der Waals surface area contributed by atoms with Gasteiger partial charge in [-0.15, -0.1) is 0 Å². The van der Waals surface area contributed by atoms with Crippen LogP contribution in [0.1, 0.15) is 15.9 Å². The van der Waals surface area contributed by atoms with Crippen LogP contribution in [0, 0.1) is 5.82 Å². The number of amides is 1. The largest absolute Gasteiger partial charge is 0.380 e. The van der Waals surface area contributed by atoms with E-state index in [1.807, 2.05) is 5.43 Å². The number of nitrogens with two attached hydrogens (primary N) is 1. The van der Waals surface area contributed by atoms with Crippen molar-refractivity contribution >= 4 is 5.91 Å². The lowest BCUT2D eigenvalue weighted by Gasteiger charge is -2.04. The molecular weight excluding hydrogens is 187 g/mol. The Bertz CT molecular complexity index is 342. The van der Waals surface area contributed by atoms with Gasteiger partial charge in [-0.3, -0.25) is 10.2 Å². The normalized spacial score (nSPS) is 9.93. The van der Waals surface area contributed by atoms with Crippen LogP contribution < -0.4 is 11.3 Å². The molecule has 0 unspecified atom stereocenters. The van der Waals surface area contributed by atoms with E-state index in [9.17, 15) is 9.18 Å². The summed E-state index contributed by atoms with van der Waals surface area (Å²) in [7, 11) is 1.45. The van der Waals surface area contributed by atoms with E-state index in [4.69, 9.17) is 10.6 Å². The highest BCUT2D eigenvalue weighted by molar-refractivity contribution is 5.93. The Labute approximate surface area is 80.8 Å². The van der Waals surface area contributed by atoms with Crippen LogP contribution in [0.15, 0.2) is 18.2 Å². The molecule has 0 saturated heterocycles. The molecule has 0 fully saturated rings. The fourth-order valence-electron chi connectivity index (χ4n) is 1.07. The van der Waals surface area contributed by atoms with Crippen LogP contribution in [0.25, 0.3) is 0 Å². The first-order chi connectivity index (χ1) is 6.69. The van der Waals surface area contributed by atoms with E-state index in [-0.39, 0.29) is 6.61 Å².